The number of carbonyl (C=O) groups is 2. The molecule has 0 saturated carbocycles. The number of carbonyl (C=O) groups excluding carboxylic acids is 2. The van der Waals surface area contributed by atoms with Gasteiger partial charge in [-0.05, 0) is 19.3 Å². The summed E-state index contributed by atoms with van der Waals surface area (Å²) in [5, 5.41) is 0. The molecule has 0 N–H and O–H groups in total. The van der Waals surface area contributed by atoms with E-state index in [-0.39, 0.29) is 47.1 Å². The van der Waals surface area contributed by atoms with Crippen LogP contribution in [0.5, 0.6) is 0 Å². The van der Waals surface area contributed by atoms with Gasteiger partial charge in [0.05, 0.1) is 5.92 Å². The number of rotatable bonds is 19. The molecule has 0 aliphatic carbocycles. The molecule has 1 saturated heterocycles. The zero-order valence-electron chi connectivity index (χ0n) is 17.8. The Morgan fingerprint density at radius 3 is 1.96 bits per heavy atom. The Balaban J connectivity index is 0.00000729. The molecular weight excluding hydrogens is 365 g/mol. The SMILES string of the molecule is CCCCCCCCCCCC(C[C@@H]1OC(=O)[C@H]1CCCCCC)OC=O.[MgH2]. The molecule has 0 amide bonds. The van der Waals surface area contributed by atoms with Crippen LogP contribution in [0.3, 0.4) is 0 Å². The number of hydrogen-bond acceptors (Lipinski definition) is 4. The van der Waals surface area contributed by atoms with Crippen molar-refractivity contribution in [1.82, 2.24) is 0 Å². The lowest BCUT2D eigenvalue weighted by molar-refractivity contribution is -0.189. The Bertz CT molecular complexity index is 389. The monoisotopic (exact) mass is 408 g/mol. The third-order valence-electron chi connectivity index (χ3n) is 5.76. The van der Waals surface area contributed by atoms with Crippen LogP contribution < -0.4 is 0 Å². The van der Waals surface area contributed by atoms with Crippen LogP contribution in [-0.4, -0.2) is 47.7 Å². The highest BCUT2D eigenvalue weighted by Crippen LogP contribution is 2.32. The molecule has 0 aromatic rings. The second-order valence-electron chi connectivity index (χ2n) is 8.14. The van der Waals surface area contributed by atoms with Crippen molar-refractivity contribution >= 4 is 35.5 Å². The molecule has 1 aliphatic heterocycles. The van der Waals surface area contributed by atoms with E-state index in [4.69, 9.17) is 9.47 Å². The van der Waals surface area contributed by atoms with Crippen molar-refractivity contribution in [2.24, 2.45) is 5.92 Å². The second kappa shape index (κ2) is 18.7. The largest absolute Gasteiger partial charge is 0.464 e. The van der Waals surface area contributed by atoms with E-state index in [2.05, 4.69) is 13.8 Å². The molecule has 1 fully saturated rings. The number of unbranched alkanes of at least 4 members (excludes halogenated alkanes) is 11. The van der Waals surface area contributed by atoms with Gasteiger partial charge in [0.2, 0.25) is 0 Å². The molecule has 0 bridgehead atoms. The average molecular weight is 409 g/mol. The normalized spacial score (nSPS) is 19.3. The summed E-state index contributed by atoms with van der Waals surface area (Å²) in [6, 6.07) is 0. The highest BCUT2D eigenvalue weighted by Gasteiger charge is 2.42. The molecule has 1 unspecified atom stereocenters. The predicted molar refractivity (Wildman–Crippen MR) is 118 cm³/mol. The van der Waals surface area contributed by atoms with Crippen molar-refractivity contribution in [1.29, 1.82) is 0 Å². The first-order valence-electron chi connectivity index (χ1n) is 11.5. The maximum absolute atomic E-state index is 11.7. The number of esters is 1. The summed E-state index contributed by atoms with van der Waals surface area (Å²) in [7, 11) is 0. The van der Waals surface area contributed by atoms with E-state index in [9.17, 15) is 9.59 Å². The Morgan fingerprint density at radius 1 is 0.893 bits per heavy atom. The second-order valence-corrected chi connectivity index (χ2v) is 8.14. The molecule has 0 aromatic carbocycles. The minimum Gasteiger partial charge on any atom is -0.464 e. The summed E-state index contributed by atoms with van der Waals surface area (Å²) >= 11 is 0. The predicted octanol–water partition coefficient (Wildman–Crippen LogP) is 5.43. The van der Waals surface area contributed by atoms with Crippen LogP contribution in [0.15, 0.2) is 0 Å². The highest BCUT2D eigenvalue weighted by molar-refractivity contribution is 5.78. The van der Waals surface area contributed by atoms with Crippen molar-refractivity contribution in [3.63, 3.8) is 0 Å². The zero-order chi connectivity index (χ0) is 19.7. The van der Waals surface area contributed by atoms with Gasteiger partial charge >= 0.3 is 29.0 Å². The van der Waals surface area contributed by atoms with Gasteiger partial charge in [-0.2, -0.15) is 0 Å². The van der Waals surface area contributed by atoms with Gasteiger partial charge in [0.25, 0.3) is 6.47 Å². The summed E-state index contributed by atoms with van der Waals surface area (Å²) < 4.78 is 10.6. The van der Waals surface area contributed by atoms with Gasteiger partial charge in [0, 0.05) is 6.42 Å². The van der Waals surface area contributed by atoms with E-state index in [1.54, 1.807) is 0 Å². The summed E-state index contributed by atoms with van der Waals surface area (Å²) in [4.78, 5) is 22.6. The van der Waals surface area contributed by atoms with E-state index in [1.807, 2.05) is 0 Å². The first-order valence-corrected chi connectivity index (χ1v) is 11.5. The Morgan fingerprint density at radius 2 is 1.43 bits per heavy atom. The van der Waals surface area contributed by atoms with Crippen LogP contribution in [0.4, 0.5) is 0 Å². The maximum Gasteiger partial charge on any atom is 0.316 e. The molecule has 0 aromatic heterocycles. The minimum absolute atomic E-state index is 0. The molecular formula is C23H44MgO4. The fourth-order valence-corrected chi connectivity index (χ4v) is 3.97. The Hall–Kier alpha value is -0.294. The van der Waals surface area contributed by atoms with Crippen molar-refractivity contribution in [3.05, 3.63) is 0 Å². The standard InChI is InChI=1S/C23H42O4.Mg.2H/c1-3-5-7-9-10-11-12-13-14-16-20(26-19-24)18-22-21(23(25)27-22)17-15-8-6-4-2;;;/h19-22H,3-18H2,1-2H3;;;/t20?,21-,22-;;;/m0.../s1. The number of cyclic esters (lactones) is 1. The van der Waals surface area contributed by atoms with E-state index in [0.717, 1.165) is 25.7 Å². The quantitative estimate of drug-likeness (QED) is 0.124. The molecule has 1 aliphatic rings. The third-order valence-corrected chi connectivity index (χ3v) is 5.76. The van der Waals surface area contributed by atoms with Gasteiger partial charge in [-0.3, -0.25) is 9.59 Å². The lowest BCUT2D eigenvalue weighted by Crippen LogP contribution is -2.47. The summed E-state index contributed by atoms with van der Waals surface area (Å²) in [5.41, 5.74) is 0. The maximum atomic E-state index is 11.7. The van der Waals surface area contributed by atoms with Gasteiger partial charge in [0.1, 0.15) is 12.2 Å². The van der Waals surface area contributed by atoms with Crippen LogP contribution in [0.25, 0.3) is 0 Å². The number of hydrogen-bond donors (Lipinski definition) is 0. The molecule has 162 valence electrons. The van der Waals surface area contributed by atoms with Crippen LogP contribution in [0, 0.1) is 5.92 Å². The zero-order valence-corrected chi connectivity index (χ0v) is 17.8. The Kier molecular flexibility index (Phi) is 18.5. The molecule has 28 heavy (non-hydrogen) atoms. The summed E-state index contributed by atoms with van der Waals surface area (Å²) in [6.07, 6.45) is 18.6. The van der Waals surface area contributed by atoms with Gasteiger partial charge in [-0.25, -0.2) is 0 Å². The van der Waals surface area contributed by atoms with Gasteiger partial charge in [-0.1, -0.05) is 90.9 Å². The molecule has 0 radical (unpaired) electrons. The van der Waals surface area contributed by atoms with Crippen LogP contribution >= 0.6 is 0 Å². The van der Waals surface area contributed by atoms with E-state index in [1.165, 1.54) is 70.6 Å². The third kappa shape index (κ3) is 12.3. The summed E-state index contributed by atoms with van der Waals surface area (Å²) in [6.45, 7) is 4.99. The van der Waals surface area contributed by atoms with Gasteiger partial charge < -0.3 is 9.47 Å². The van der Waals surface area contributed by atoms with E-state index >= 15 is 0 Å². The average Bonchev–Trinajstić information content (AvgIpc) is 2.66. The lowest BCUT2D eigenvalue weighted by Gasteiger charge is -2.37. The molecule has 3 atom stereocenters. The summed E-state index contributed by atoms with van der Waals surface area (Å²) in [5.74, 6) is -0.0489. The van der Waals surface area contributed by atoms with Crippen LogP contribution in [-0.2, 0) is 19.1 Å². The van der Waals surface area contributed by atoms with Crippen LogP contribution in [0.2, 0.25) is 0 Å². The van der Waals surface area contributed by atoms with Crippen LogP contribution in [0.1, 0.15) is 117 Å². The minimum atomic E-state index is -0.108. The molecule has 5 heteroatoms. The van der Waals surface area contributed by atoms with Crippen molar-refractivity contribution < 1.29 is 19.1 Å². The smallest absolute Gasteiger partial charge is 0.316 e. The molecule has 1 heterocycles. The molecule has 1 rings (SSSR count). The first-order chi connectivity index (χ1) is 13.2. The van der Waals surface area contributed by atoms with Crippen molar-refractivity contribution in [2.45, 2.75) is 129 Å². The fourth-order valence-electron chi connectivity index (χ4n) is 3.97. The fraction of sp³-hybridized carbons (Fsp3) is 0.913. The van der Waals surface area contributed by atoms with Gasteiger partial charge in [0.15, 0.2) is 0 Å². The topological polar surface area (TPSA) is 52.6 Å². The van der Waals surface area contributed by atoms with Gasteiger partial charge in [-0.15, -0.1) is 0 Å². The highest BCUT2D eigenvalue weighted by atomic mass is 24.3. The number of ether oxygens (including phenoxy) is 2. The lowest BCUT2D eigenvalue weighted by atomic mass is 9.86. The van der Waals surface area contributed by atoms with E-state index in [0.29, 0.717) is 12.9 Å². The Labute approximate surface area is 189 Å². The van der Waals surface area contributed by atoms with Crippen molar-refractivity contribution in [3.8, 4) is 0 Å². The molecule has 0 spiro atoms. The molecule has 4 nitrogen and oxygen atoms in total. The van der Waals surface area contributed by atoms with E-state index < -0.39 is 0 Å². The van der Waals surface area contributed by atoms with Crippen molar-refractivity contribution in [2.75, 3.05) is 0 Å². The first kappa shape index (κ1) is 27.7.